The predicted octanol–water partition coefficient (Wildman–Crippen LogP) is 6.02. The van der Waals surface area contributed by atoms with Gasteiger partial charge in [0.15, 0.2) is 16.6 Å². The van der Waals surface area contributed by atoms with E-state index in [2.05, 4.69) is 53.1 Å². The molecule has 36 heavy (non-hydrogen) atoms. The molecule has 6 nitrogen and oxygen atoms in total. The summed E-state index contributed by atoms with van der Waals surface area (Å²) in [5.74, 6) is -0.0349. The molecule has 8 atom stereocenters. The van der Waals surface area contributed by atoms with Gasteiger partial charge in [0.2, 0.25) is 0 Å². The van der Waals surface area contributed by atoms with Gasteiger partial charge < -0.3 is 18.3 Å². The first kappa shape index (κ1) is 28.3. The van der Waals surface area contributed by atoms with Crippen molar-refractivity contribution in [2.24, 2.45) is 39.9 Å². The number of hydrogen-bond donors (Lipinski definition) is 0. The standard InChI is InChI=1S/C28H50O6Si2/c1-25-14-11-15-26(2,24(30)32-4)22(25)21(23(29)31-3)27-16-19(12-13-20(25)27)28(17-27,34-36(8,9)10)18-33-35(5,6)7/h19-22H,11-18H2,1-10H3/t19?,20-,21+,22-,25-,26+,27+,28+/m0/s1. The van der Waals surface area contributed by atoms with Crippen molar-refractivity contribution in [2.75, 3.05) is 20.8 Å². The monoisotopic (exact) mass is 538 g/mol. The molecular weight excluding hydrogens is 488 g/mol. The second kappa shape index (κ2) is 8.92. The average Bonchev–Trinajstić information content (AvgIpc) is 3.14. The van der Waals surface area contributed by atoms with Gasteiger partial charge in [-0.25, -0.2) is 0 Å². The van der Waals surface area contributed by atoms with E-state index >= 15 is 0 Å². The zero-order chi connectivity index (χ0) is 26.9. The smallest absolute Gasteiger partial charge is 0.311 e. The van der Waals surface area contributed by atoms with Gasteiger partial charge in [-0.15, -0.1) is 0 Å². The van der Waals surface area contributed by atoms with Crippen LogP contribution in [0, 0.1) is 39.9 Å². The van der Waals surface area contributed by atoms with E-state index in [4.69, 9.17) is 18.3 Å². The van der Waals surface area contributed by atoms with E-state index in [1.54, 1.807) is 0 Å². The molecule has 0 aromatic rings. The van der Waals surface area contributed by atoms with Crippen LogP contribution in [-0.4, -0.2) is 55.0 Å². The van der Waals surface area contributed by atoms with E-state index in [0.717, 1.165) is 44.9 Å². The van der Waals surface area contributed by atoms with Crippen LogP contribution in [0.25, 0.3) is 0 Å². The quantitative estimate of drug-likeness (QED) is 0.291. The molecule has 0 aromatic carbocycles. The number of ether oxygens (including phenoxy) is 2. The summed E-state index contributed by atoms with van der Waals surface area (Å²) in [6.45, 7) is 18.5. The zero-order valence-electron chi connectivity index (χ0n) is 24.4. The van der Waals surface area contributed by atoms with Gasteiger partial charge in [0.25, 0.3) is 0 Å². The van der Waals surface area contributed by atoms with E-state index in [-0.39, 0.29) is 40.2 Å². The Labute approximate surface area is 220 Å². The van der Waals surface area contributed by atoms with Crippen LogP contribution in [0.1, 0.15) is 58.8 Å². The molecule has 0 N–H and O–H groups in total. The van der Waals surface area contributed by atoms with Gasteiger partial charge in [-0.05, 0) is 113 Å². The highest BCUT2D eigenvalue weighted by atomic mass is 28.4. The average molecular weight is 539 g/mol. The summed E-state index contributed by atoms with van der Waals surface area (Å²) in [5.41, 5.74) is -1.42. The molecule has 1 spiro atoms. The number of rotatable bonds is 7. The van der Waals surface area contributed by atoms with Gasteiger partial charge in [0, 0.05) is 0 Å². The number of esters is 2. The van der Waals surface area contributed by atoms with Crippen molar-refractivity contribution in [1.82, 2.24) is 0 Å². The third-order valence-electron chi connectivity index (χ3n) is 10.4. The maximum Gasteiger partial charge on any atom is 0.311 e. The van der Waals surface area contributed by atoms with Crippen LogP contribution in [0.15, 0.2) is 0 Å². The molecule has 0 aromatic heterocycles. The second-order valence-electron chi connectivity index (χ2n) is 14.9. The molecule has 4 aliphatic rings. The minimum absolute atomic E-state index is 0.0945. The molecule has 1 unspecified atom stereocenters. The molecular formula is C28H50O6Si2. The number of methoxy groups -OCH3 is 2. The fourth-order valence-electron chi connectivity index (χ4n) is 9.72. The highest BCUT2D eigenvalue weighted by Crippen LogP contribution is 2.78. The molecule has 0 heterocycles. The molecule has 4 fully saturated rings. The van der Waals surface area contributed by atoms with Crippen molar-refractivity contribution >= 4 is 28.6 Å². The lowest BCUT2D eigenvalue weighted by atomic mass is 9.53. The van der Waals surface area contributed by atoms with Crippen molar-refractivity contribution in [3.63, 3.8) is 0 Å². The molecule has 2 bridgehead atoms. The minimum atomic E-state index is -1.92. The lowest BCUT2D eigenvalue weighted by Crippen LogP contribution is -2.52. The fraction of sp³-hybridized carbons (Fsp3) is 0.929. The Bertz CT molecular complexity index is 895. The lowest BCUT2D eigenvalue weighted by molar-refractivity contribution is -0.170. The Morgan fingerprint density at radius 1 is 0.917 bits per heavy atom. The van der Waals surface area contributed by atoms with Crippen LogP contribution >= 0.6 is 0 Å². The van der Waals surface area contributed by atoms with Gasteiger partial charge in [0.05, 0.1) is 37.8 Å². The summed E-state index contributed by atoms with van der Waals surface area (Å²) in [5, 5.41) is 0. The summed E-state index contributed by atoms with van der Waals surface area (Å²) < 4.78 is 24.7. The molecule has 4 rings (SSSR count). The molecule has 0 amide bonds. The Morgan fingerprint density at radius 3 is 2.14 bits per heavy atom. The summed E-state index contributed by atoms with van der Waals surface area (Å²) >= 11 is 0. The Balaban J connectivity index is 1.87. The summed E-state index contributed by atoms with van der Waals surface area (Å²) in [6, 6.07) is 0. The highest BCUT2D eigenvalue weighted by molar-refractivity contribution is 6.70. The van der Waals surface area contributed by atoms with E-state index in [0.29, 0.717) is 18.4 Å². The third-order valence-corrected chi connectivity index (χ3v) is 12.4. The van der Waals surface area contributed by atoms with Crippen LogP contribution in [0.4, 0.5) is 0 Å². The van der Waals surface area contributed by atoms with Crippen molar-refractivity contribution in [3.8, 4) is 0 Å². The number of carbonyl (C=O) groups is 2. The van der Waals surface area contributed by atoms with E-state index in [1.165, 1.54) is 14.2 Å². The van der Waals surface area contributed by atoms with Crippen molar-refractivity contribution < 1.29 is 27.9 Å². The maximum absolute atomic E-state index is 13.8. The summed E-state index contributed by atoms with van der Waals surface area (Å²) in [7, 11) is -0.701. The molecule has 0 saturated heterocycles. The number of fused-ring (bicyclic) bond motifs is 3. The first-order valence-electron chi connectivity index (χ1n) is 14.0. The SMILES string of the molecule is COC(=O)[C@H]1[C@H]2[C@@](C)(CCC[C@@]2(C)C(=O)OC)[C@@H]2CCC3C[C@]12C[C@]3(CO[Si](C)(C)C)O[Si](C)(C)C. The summed E-state index contributed by atoms with van der Waals surface area (Å²) in [6.07, 6.45) is 6.74. The van der Waals surface area contributed by atoms with Crippen LogP contribution in [0.5, 0.6) is 0 Å². The van der Waals surface area contributed by atoms with E-state index < -0.39 is 22.0 Å². The molecule has 8 heteroatoms. The van der Waals surface area contributed by atoms with Gasteiger partial charge in [0.1, 0.15) is 0 Å². The molecule has 0 aliphatic heterocycles. The topological polar surface area (TPSA) is 71.1 Å². The molecule has 206 valence electrons. The maximum atomic E-state index is 13.8. The Morgan fingerprint density at radius 2 is 1.58 bits per heavy atom. The van der Waals surface area contributed by atoms with Crippen molar-refractivity contribution in [2.45, 2.75) is 104 Å². The van der Waals surface area contributed by atoms with E-state index in [9.17, 15) is 9.59 Å². The Hall–Kier alpha value is -0.706. The van der Waals surface area contributed by atoms with Crippen LogP contribution in [-0.2, 0) is 27.9 Å². The summed E-state index contributed by atoms with van der Waals surface area (Å²) in [4.78, 5) is 27.2. The predicted molar refractivity (Wildman–Crippen MR) is 145 cm³/mol. The molecule has 4 saturated carbocycles. The zero-order valence-corrected chi connectivity index (χ0v) is 26.4. The highest BCUT2D eigenvalue weighted by Gasteiger charge is 2.78. The largest absolute Gasteiger partial charge is 0.469 e. The normalized spacial score (nSPS) is 44.1. The third kappa shape index (κ3) is 4.26. The van der Waals surface area contributed by atoms with Crippen LogP contribution in [0.2, 0.25) is 39.3 Å². The molecule has 0 radical (unpaired) electrons. The number of hydrogen-bond acceptors (Lipinski definition) is 6. The second-order valence-corrected chi connectivity index (χ2v) is 23.8. The van der Waals surface area contributed by atoms with E-state index in [1.807, 2.05) is 0 Å². The van der Waals surface area contributed by atoms with Crippen molar-refractivity contribution in [3.05, 3.63) is 0 Å². The fourth-order valence-corrected chi connectivity index (χ4v) is 11.9. The lowest BCUT2D eigenvalue weighted by Gasteiger charge is -2.50. The minimum Gasteiger partial charge on any atom is -0.469 e. The molecule has 4 aliphatic carbocycles. The van der Waals surface area contributed by atoms with Gasteiger partial charge in [-0.3, -0.25) is 9.59 Å². The van der Waals surface area contributed by atoms with Gasteiger partial charge in [-0.1, -0.05) is 13.3 Å². The van der Waals surface area contributed by atoms with Crippen LogP contribution in [0.3, 0.4) is 0 Å². The van der Waals surface area contributed by atoms with Crippen molar-refractivity contribution in [1.29, 1.82) is 0 Å². The first-order chi connectivity index (χ1) is 16.5. The number of carbonyl (C=O) groups excluding carboxylic acids is 2. The van der Waals surface area contributed by atoms with Gasteiger partial charge in [-0.2, -0.15) is 0 Å². The van der Waals surface area contributed by atoms with Crippen LogP contribution < -0.4 is 0 Å². The van der Waals surface area contributed by atoms with Gasteiger partial charge >= 0.3 is 11.9 Å². The first-order valence-corrected chi connectivity index (χ1v) is 20.8. The Kier molecular flexibility index (Phi) is 7.01.